The topological polar surface area (TPSA) is 69.6 Å². The van der Waals surface area contributed by atoms with Crippen molar-refractivity contribution in [2.24, 2.45) is 0 Å². The summed E-state index contributed by atoms with van der Waals surface area (Å²) in [5.41, 5.74) is 0. The summed E-state index contributed by atoms with van der Waals surface area (Å²) in [6, 6.07) is -1.16. The van der Waals surface area contributed by atoms with Crippen LogP contribution in [0.15, 0.2) is 12.7 Å². The number of allylic oxidation sites excluding steroid dienone is 1. The van der Waals surface area contributed by atoms with E-state index < -0.39 is 12.0 Å². The van der Waals surface area contributed by atoms with Crippen molar-refractivity contribution in [1.82, 2.24) is 10.2 Å². The molecule has 0 aliphatic rings. The van der Waals surface area contributed by atoms with Crippen molar-refractivity contribution in [3.05, 3.63) is 12.7 Å². The quantitative estimate of drug-likeness (QED) is 0.512. The molecule has 5 nitrogen and oxygen atoms in total. The summed E-state index contributed by atoms with van der Waals surface area (Å²) in [7, 11) is 1.65. The Labute approximate surface area is 96.1 Å². The van der Waals surface area contributed by atoms with E-state index in [2.05, 4.69) is 11.9 Å². The number of urea groups is 1. The highest BCUT2D eigenvalue weighted by Crippen LogP contribution is 1.97. The van der Waals surface area contributed by atoms with Gasteiger partial charge in [0.05, 0.1) is 0 Å². The van der Waals surface area contributed by atoms with Gasteiger partial charge < -0.3 is 15.3 Å². The lowest BCUT2D eigenvalue weighted by atomic mass is 10.2. The summed E-state index contributed by atoms with van der Waals surface area (Å²) in [5.74, 6) is -1.00. The van der Waals surface area contributed by atoms with E-state index in [1.165, 1.54) is 4.90 Å². The molecule has 5 heteroatoms. The van der Waals surface area contributed by atoms with Crippen LogP contribution in [0.25, 0.3) is 0 Å². The molecule has 0 aliphatic heterocycles. The molecule has 0 radical (unpaired) electrons. The van der Waals surface area contributed by atoms with Crippen LogP contribution in [-0.4, -0.2) is 41.6 Å². The predicted molar refractivity (Wildman–Crippen MR) is 62.3 cm³/mol. The molecule has 2 amide bonds. The average Bonchev–Trinajstić information content (AvgIpc) is 2.25. The summed E-state index contributed by atoms with van der Waals surface area (Å²) < 4.78 is 0. The van der Waals surface area contributed by atoms with E-state index in [0.717, 1.165) is 12.8 Å². The van der Waals surface area contributed by atoms with Gasteiger partial charge in [-0.1, -0.05) is 13.0 Å². The predicted octanol–water partition coefficient (Wildman–Crippen LogP) is 1.46. The summed E-state index contributed by atoms with van der Waals surface area (Å²) >= 11 is 0. The molecule has 0 rings (SSSR count). The van der Waals surface area contributed by atoms with Crippen molar-refractivity contribution >= 4 is 12.0 Å². The smallest absolute Gasteiger partial charge is 0.326 e. The maximum atomic E-state index is 11.5. The largest absolute Gasteiger partial charge is 0.480 e. The van der Waals surface area contributed by atoms with Crippen LogP contribution in [0.3, 0.4) is 0 Å². The first-order valence-electron chi connectivity index (χ1n) is 5.38. The minimum Gasteiger partial charge on any atom is -0.480 e. The first-order chi connectivity index (χ1) is 7.52. The second-order valence-electron chi connectivity index (χ2n) is 3.60. The van der Waals surface area contributed by atoms with E-state index >= 15 is 0 Å². The van der Waals surface area contributed by atoms with Gasteiger partial charge in [-0.05, 0) is 19.3 Å². The number of unbranched alkanes of at least 4 members (excludes halogenated alkanes) is 1. The molecule has 0 aliphatic carbocycles. The van der Waals surface area contributed by atoms with Gasteiger partial charge in [0, 0.05) is 13.6 Å². The normalized spacial score (nSPS) is 11.6. The third kappa shape index (κ3) is 5.38. The molecule has 16 heavy (non-hydrogen) atoms. The molecular weight excluding hydrogens is 208 g/mol. The number of amides is 2. The van der Waals surface area contributed by atoms with Crippen molar-refractivity contribution in [2.75, 3.05) is 13.6 Å². The van der Waals surface area contributed by atoms with E-state index in [0.29, 0.717) is 13.0 Å². The number of nitrogens with one attached hydrogen (secondary N) is 1. The summed E-state index contributed by atoms with van der Waals surface area (Å²) in [6.45, 7) is 5.90. The van der Waals surface area contributed by atoms with Crippen LogP contribution in [0.4, 0.5) is 4.79 Å². The Morgan fingerprint density at radius 1 is 1.56 bits per heavy atom. The molecule has 0 aromatic rings. The van der Waals surface area contributed by atoms with Crippen LogP contribution < -0.4 is 5.32 Å². The Morgan fingerprint density at radius 2 is 2.19 bits per heavy atom. The highest BCUT2D eigenvalue weighted by molar-refractivity contribution is 5.82. The number of carbonyl (C=O) groups excluding carboxylic acids is 1. The van der Waals surface area contributed by atoms with Crippen molar-refractivity contribution in [3.8, 4) is 0 Å². The van der Waals surface area contributed by atoms with Crippen molar-refractivity contribution < 1.29 is 14.7 Å². The van der Waals surface area contributed by atoms with Gasteiger partial charge in [0.15, 0.2) is 0 Å². The summed E-state index contributed by atoms with van der Waals surface area (Å²) in [6.07, 6.45) is 3.84. The van der Waals surface area contributed by atoms with Gasteiger partial charge in [0.2, 0.25) is 0 Å². The van der Waals surface area contributed by atoms with Gasteiger partial charge in [-0.15, -0.1) is 6.58 Å². The van der Waals surface area contributed by atoms with Crippen molar-refractivity contribution in [2.45, 2.75) is 32.2 Å². The van der Waals surface area contributed by atoms with E-state index in [9.17, 15) is 9.59 Å². The molecule has 92 valence electrons. The molecule has 0 unspecified atom stereocenters. The monoisotopic (exact) mass is 228 g/mol. The second-order valence-corrected chi connectivity index (χ2v) is 3.60. The first kappa shape index (κ1) is 14.5. The van der Waals surface area contributed by atoms with Crippen LogP contribution in [0.5, 0.6) is 0 Å². The molecule has 0 heterocycles. The zero-order chi connectivity index (χ0) is 12.6. The molecule has 0 fully saturated rings. The highest BCUT2D eigenvalue weighted by atomic mass is 16.4. The number of hydrogen-bond acceptors (Lipinski definition) is 2. The Morgan fingerprint density at radius 3 is 2.62 bits per heavy atom. The molecule has 0 saturated heterocycles. The fourth-order valence-electron chi connectivity index (χ4n) is 1.17. The standard InChI is InChI=1S/C11H20N2O3/c1-4-6-7-8-13(3)11(16)12-9(5-2)10(14)15/h4,9H,1,5-8H2,2-3H3,(H,12,16)(H,14,15)/t9-/m0/s1. The van der Waals surface area contributed by atoms with Crippen LogP contribution in [0.1, 0.15) is 26.2 Å². The maximum absolute atomic E-state index is 11.5. The number of aliphatic carboxylic acids is 1. The lowest BCUT2D eigenvalue weighted by Crippen LogP contribution is -2.46. The van der Waals surface area contributed by atoms with Gasteiger partial charge in [-0.3, -0.25) is 0 Å². The van der Waals surface area contributed by atoms with Crippen LogP contribution in [0.2, 0.25) is 0 Å². The fraction of sp³-hybridized carbons (Fsp3) is 0.636. The lowest BCUT2D eigenvalue weighted by Gasteiger charge is -2.20. The van der Waals surface area contributed by atoms with E-state index in [1.54, 1.807) is 20.0 Å². The number of hydrogen-bond donors (Lipinski definition) is 2. The van der Waals surface area contributed by atoms with Crippen LogP contribution in [0, 0.1) is 0 Å². The Kier molecular flexibility index (Phi) is 7.00. The third-order valence-electron chi connectivity index (χ3n) is 2.25. The van der Waals surface area contributed by atoms with Crippen molar-refractivity contribution in [1.29, 1.82) is 0 Å². The van der Waals surface area contributed by atoms with E-state index in [4.69, 9.17) is 5.11 Å². The molecule has 0 saturated carbocycles. The fourth-order valence-corrected chi connectivity index (χ4v) is 1.17. The maximum Gasteiger partial charge on any atom is 0.326 e. The molecule has 2 N–H and O–H groups in total. The van der Waals surface area contributed by atoms with E-state index in [1.807, 2.05) is 0 Å². The molecule has 0 bridgehead atoms. The Hall–Kier alpha value is -1.52. The van der Waals surface area contributed by atoms with Crippen molar-refractivity contribution in [3.63, 3.8) is 0 Å². The highest BCUT2D eigenvalue weighted by Gasteiger charge is 2.19. The number of carboxylic acid groups (broad SMARTS) is 1. The minimum absolute atomic E-state index is 0.349. The zero-order valence-corrected chi connectivity index (χ0v) is 9.90. The lowest BCUT2D eigenvalue weighted by molar-refractivity contribution is -0.139. The average molecular weight is 228 g/mol. The SMILES string of the molecule is C=CCCCN(C)C(=O)N[C@@H](CC)C(=O)O. The number of rotatable bonds is 7. The molecule has 0 aromatic heterocycles. The molecule has 1 atom stereocenters. The van der Waals surface area contributed by atoms with Gasteiger partial charge in [-0.2, -0.15) is 0 Å². The van der Waals surface area contributed by atoms with E-state index in [-0.39, 0.29) is 6.03 Å². The Balaban J connectivity index is 4.02. The molecule has 0 spiro atoms. The van der Waals surface area contributed by atoms with Crippen LogP contribution >= 0.6 is 0 Å². The second kappa shape index (κ2) is 7.73. The third-order valence-corrected chi connectivity index (χ3v) is 2.25. The Bertz CT molecular complexity index is 254. The molecular formula is C11H20N2O3. The first-order valence-corrected chi connectivity index (χ1v) is 5.38. The van der Waals surface area contributed by atoms with Crippen LogP contribution in [-0.2, 0) is 4.79 Å². The van der Waals surface area contributed by atoms with Gasteiger partial charge in [0.1, 0.15) is 6.04 Å². The molecule has 0 aromatic carbocycles. The van der Waals surface area contributed by atoms with Gasteiger partial charge >= 0.3 is 12.0 Å². The zero-order valence-electron chi connectivity index (χ0n) is 9.90. The summed E-state index contributed by atoms with van der Waals surface area (Å²) in [4.78, 5) is 23.7. The number of nitrogens with zero attached hydrogens (tertiary/aromatic N) is 1. The number of carbonyl (C=O) groups is 2. The van der Waals surface area contributed by atoms with Gasteiger partial charge in [-0.25, -0.2) is 9.59 Å². The number of carboxylic acids is 1. The minimum atomic E-state index is -1.00. The van der Waals surface area contributed by atoms with Gasteiger partial charge in [0.25, 0.3) is 0 Å². The summed E-state index contributed by atoms with van der Waals surface area (Å²) in [5, 5.41) is 11.2.